The van der Waals surface area contributed by atoms with Gasteiger partial charge in [0.05, 0.1) is 5.02 Å². The molecule has 156 valence electrons. The van der Waals surface area contributed by atoms with Gasteiger partial charge in [-0.1, -0.05) is 17.7 Å². The molecule has 0 atom stereocenters. The molecule has 0 aliphatic heterocycles. The molecular formula is C21H17ClF2N2O3S. The number of nitrogens with one attached hydrogen (secondary N) is 2. The maximum atomic E-state index is 13.3. The van der Waals surface area contributed by atoms with E-state index < -0.39 is 27.6 Å². The fraction of sp³-hybridized carbons (Fsp3) is 0.0952. The van der Waals surface area contributed by atoms with Gasteiger partial charge in [0.25, 0.3) is 15.9 Å². The summed E-state index contributed by atoms with van der Waals surface area (Å²) in [6.07, 6.45) is 0. The van der Waals surface area contributed by atoms with Crippen LogP contribution in [-0.2, 0) is 10.0 Å². The van der Waals surface area contributed by atoms with Crippen molar-refractivity contribution in [3.05, 3.63) is 87.9 Å². The molecule has 3 aromatic carbocycles. The Bertz CT molecular complexity index is 1250. The molecule has 0 heterocycles. The highest BCUT2D eigenvalue weighted by molar-refractivity contribution is 7.92. The molecule has 0 aliphatic carbocycles. The van der Waals surface area contributed by atoms with E-state index in [1.165, 1.54) is 18.2 Å². The third kappa shape index (κ3) is 4.77. The summed E-state index contributed by atoms with van der Waals surface area (Å²) in [6.45, 7) is 3.75. The van der Waals surface area contributed by atoms with E-state index >= 15 is 0 Å². The zero-order valence-corrected chi connectivity index (χ0v) is 17.5. The van der Waals surface area contributed by atoms with Gasteiger partial charge in [0.15, 0.2) is 11.6 Å². The summed E-state index contributed by atoms with van der Waals surface area (Å²) in [5, 5.41) is 2.31. The summed E-state index contributed by atoms with van der Waals surface area (Å²) in [7, 11) is -4.09. The Morgan fingerprint density at radius 3 is 2.23 bits per heavy atom. The van der Waals surface area contributed by atoms with Crippen molar-refractivity contribution in [2.45, 2.75) is 18.7 Å². The summed E-state index contributed by atoms with van der Waals surface area (Å²) >= 11 is 6.06. The summed E-state index contributed by atoms with van der Waals surface area (Å²) in [5.74, 6) is -2.88. The molecular weight excluding hydrogens is 434 g/mol. The highest BCUT2D eigenvalue weighted by atomic mass is 35.5. The van der Waals surface area contributed by atoms with E-state index in [1.807, 2.05) is 13.8 Å². The van der Waals surface area contributed by atoms with Gasteiger partial charge in [0.2, 0.25) is 0 Å². The summed E-state index contributed by atoms with van der Waals surface area (Å²) in [4.78, 5) is 12.2. The Balaban J connectivity index is 1.88. The van der Waals surface area contributed by atoms with Crippen molar-refractivity contribution in [1.82, 2.24) is 0 Å². The molecule has 0 aliphatic rings. The van der Waals surface area contributed by atoms with Crippen LogP contribution in [0, 0.1) is 25.5 Å². The molecule has 5 nitrogen and oxygen atoms in total. The predicted octanol–water partition coefficient (Wildman–Crippen LogP) is 5.29. The maximum absolute atomic E-state index is 13.3. The molecule has 3 rings (SSSR count). The van der Waals surface area contributed by atoms with Crippen LogP contribution < -0.4 is 10.0 Å². The zero-order chi connectivity index (χ0) is 22.1. The minimum absolute atomic E-state index is 0.0199. The molecule has 0 unspecified atom stereocenters. The van der Waals surface area contributed by atoms with Crippen molar-refractivity contribution < 1.29 is 22.0 Å². The number of hydrogen-bond donors (Lipinski definition) is 2. The third-order valence-electron chi connectivity index (χ3n) is 4.42. The molecule has 9 heteroatoms. The average molecular weight is 451 g/mol. The lowest BCUT2D eigenvalue weighted by atomic mass is 10.1. The molecule has 30 heavy (non-hydrogen) atoms. The van der Waals surface area contributed by atoms with Crippen LogP contribution in [0.2, 0.25) is 5.02 Å². The van der Waals surface area contributed by atoms with Crippen LogP contribution in [-0.4, -0.2) is 14.3 Å². The first-order valence-corrected chi connectivity index (χ1v) is 10.6. The van der Waals surface area contributed by atoms with Crippen molar-refractivity contribution >= 4 is 38.9 Å². The molecule has 1 amide bonds. The van der Waals surface area contributed by atoms with Crippen molar-refractivity contribution in [3.63, 3.8) is 0 Å². The molecule has 0 radical (unpaired) electrons. The quantitative estimate of drug-likeness (QED) is 0.554. The van der Waals surface area contributed by atoms with Gasteiger partial charge in [-0.15, -0.1) is 0 Å². The molecule has 0 saturated heterocycles. The Morgan fingerprint density at radius 1 is 0.867 bits per heavy atom. The molecule has 2 N–H and O–H groups in total. The Hall–Kier alpha value is -2.97. The number of carbonyl (C=O) groups excluding carboxylic acids is 1. The normalized spacial score (nSPS) is 11.2. The Labute approximate surface area is 177 Å². The standard InChI is InChI=1S/C21H17ClF2N2O3S/c1-12-3-5-16(9-13(12)2)26-30(28,29)20-10-14(4-7-17(20)22)21(27)25-15-6-8-18(23)19(24)11-15/h3-11,26H,1-2H3,(H,25,27). The number of amides is 1. The minimum atomic E-state index is -4.09. The largest absolute Gasteiger partial charge is 0.322 e. The van der Waals surface area contributed by atoms with E-state index in [9.17, 15) is 22.0 Å². The summed E-state index contributed by atoms with van der Waals surface area (Å²) in [6, 6.07) is 11.7. The number of aryl methyl sites for hydroxylation is 2. The number of halogens is 3. The Morgan fingerprint density at radius 2 is 1.57 bits per heavy atom. The van der Waals surface area contributed by atoms with E-state index in [2.05, 4.69) is 10.0 Å². The molecule has 3 aromatic rings. The smallest absolute Gasteiger partial charge is 0.263 e. The van der Waals surface area contributed by atoms with Gasteiger partial charge in [-0.25, -0.2) is 17.2 Å². The average Bonchev–Trinajstić information content (AvgIpc) is 2.67. The maximum Gasteiger partial charge on any atom is 0.263 e. The molecule has 0 aromatic heterocycles. The van der Waals surface area contributed by atoms with E-state index in [1.54, 1.807) is 18.2 Å². The van der Waals surface area contributed by atoms with Crippen LogP contribution in [0.3, 0.4) is 0 Å². The number of anilines is 2. The van der Waals surface area contributed by atoms with Gasteiger partial charge in [-0.3, -0.25) is 9.52 Å². The predicted molar refractivity (Wildman–Crippen MR) is 112 cm³/mol. The molecule has 0 bridgehead atoms. The van der Waals surface area contributed by atoms with E-state index in [4.69, 9.17) is 11.6 Å². The highest BCUT2D eigenvalue weighted by Gasteiger charge is 2.21. The lowest BCUT2D eigenvalue weighted by molar-refractivity contribution is 0.102. The van der Waals surface area contributed by atoms with Crippen molar-refractivity contribution in [1.29, 1.82) is 0 Å². The monoisotopic (exact) mass is 450 g/mol. The van der Waals surface area contributed by atoms with Crippen LogP contribution in [0.5, 0.6) is 0 Å². The molecule has 0 saturated carbocycles. The van der Waals surface area contributed by atoms with E-state index in [0.717, 1.165) is 29.3 Å². The second-order valence-corrected chi connectivity index (χ2v) is 8.69. The van der Waals surface area contributed by atoms with E-state index in [0.29, 0.717) is 5.69 Å². The number of rotatable bonds is 5. The molecule has 0 spiro atoms. The number of carbonyl (C=O) groups is 1. The second-order valence-electron chi connectivity index (χ2n) is 6.63. The van der Waals surface area contributed by atoms with Gasteiger partial charge in [-0.2, -0.15) is 0 Å². The fourth-order valence-corrected chi connectivity index (χ4v) is 4.22. The minimum Gasteiger partial charge on any atom is -0.322 e. The number of hydrogen-bond acceptors (Lipinski definition) is 3. The third-order valence-corrected chi connectivity index (χ3v) is 6.28. The van der Waals surface area contributed by atoms with Crippen molar-refractivity contribution in [3.8, 4) is 0 Å². The van der Waals surface area contributed by atoms with Gasteiger partial charge in [0, 0.05) is 23.0 Å². The van der Waals surface area contributed by atoms with Gasteiger partial charge < -0.3 is 5.32 Å². The first kappa shape index (κ1) is 21.7. The van der Waals surface area contributed by atoms with Crippen LogP contribution in [0.1, 0.15) is 21.5 Å². The first-order valence-electron chi connectivity index (χ1n) is 8.73. The van der Waals surface area contributed by atoms with Crippen LogP contribution >= 0.6 is 11.6 Å². The van der Waals surface area contributed by atoms with Crippen LogP contribution in [0.4, 0.5) is 20.2 Å². The number of sulfonamides is 1. The summed E-state index contributed by atoms with van der Waals surface area (Å²) in [5.41, 5.74) is 2.26. The van der Waals surface area contributed by atoms with Crippen molar-refractivity contribution in [2.75, 3.05) is 10.0 Å². The fourth-order valence-electron chi connectivity index (χ4n) is 2.64. The SMILES string of the molecule is Cc1ccc(NS(=O)(=O)c2cc(C(=O)Nc3ccc(F)c(F)c3)ccc2Cl)cc1C. The topological polar surface area (TPSA) is 75.3 Å². The highest BCUT2D eigenvalue weighted by Crippen LogP contribution is 2.26. The second kappa shape index (κ2) is 8.41. The Kier molecular flexibility index (Phi) is 6.09. The van der Waals surface area contributed by atoms with Crippen molar-refractivity contribution in [2.24, 2.45) is 0 Å². The lowest BCUT2D eigenvalue weighted by Gasteiger charge is -2.12. The number of benzene rings is 3. The van der Waals surface area contributed by atoms with Crippen LogP contribution in [0.25, 0.3) is 0 Å². The van der Waals surface area contributed by atoms with Gasteiger partial charge >= 0.3 is 0 Å². The molecule has 0 fully saturated rings. The lowest BCUT2D eigenvalue weighted by Crippen LogP contribution is -2.16. The van der Waals surface area contributed by atoms with E-state index in [-0.39, 0.29) is 21.2 Å². The summed E-state index contributed by atoms with van der Waals surface area (Å²) < 4.78 is 54.4. The van der Waals surface area contributed by atoms with Crippen LogP contribution in [0.15, 0.2) is 59.5 Å². The zero-order valence-electron chi connectivity index (χ0n) is 16.0. The van der Waals surface area contributed by atoms with Gasteiger partial charge in [-0.05, 0) is 67.4 Å². The first-order chi connectivity index (χ1) is 14.1. The van der Waals surface area contributed by atoms with Gasteiger partial charge in [0.1, 0.15) is 4.90 Å².